The van der Waals surface area contributed by atoms with Gasteiger partial charge in [-0.3, -0.25) is 10.1 Å². The predicted molar refractivity (Wildman–Crippen MR) is 80.1 cm³/mol. The molecule has 4 heteroatoms. The molecule has 2 rings (SSSR count). The maximum Gasteiger partial charge on any atom is 0.244 e. The summed E-state index contributed by atoms with van der Waals surface area (Å²) in [7, 11) is 0. The van der Waals surface area contributed by atoms with Gasteiger partial charge in [-0.1, -0.05) is 26.8 Å². The van der Waals surface area contributed by atoms with Gasteiger partial charge in [0, 0.05) is 11.4 Å². The van der Waals surface area contributed by atoms with Crippen LogP contribution in [0.1, 0.15) is 51.6 Å². The molecule has 2 heterocycles. The van der Waals surface area contributed by atoms with Gasteiger partial charge in [0.25, 0.3) is 0 Å². The van der Waals surface area contributed by atoms with Gasteiger partial charge in [-0.15, -0.1) is 11.3 Å². The second-order valence-corrected chi connectivity index (χ2v) is 6.91. The van der Waals surface area contributed by atoms with Crippen LogP contribution >= 0.6 is 11.3 Å². The molecule has 0 saturated carbocycles. The van der Waals surface area contributed by atoms with Crippen molar-refractivity contribution < 1.29 is 4.79 Å². The van der Waals surface area contributed by atoms with Crippen molar-refractivity contribution in [2.75, 3.05) is 6.54 Å². The summed E-state index contributed by atoms with van der Waals surface area (Å²) < 4.78 is 0. The molecule has 0 bridgehead atoms. The molecule has 0 spiro atoms. The lowest BCUT2D eigenvalue weighted by molar-refractivity contribution is -0.133. The van der Waals surface area contributed by atoms with Crippen LogP contribution in [0.3, 0.4) is 0 Å². The molecule has 1 amide bonds. The monoisotopic (exact) mass is 280 g/mol. The standard InChI is InChI=1S/C15H24N2OS/c1-5-15(4)14(18)17(9-8-11(2)3)13(16-15)12-7-6-10-19-12/h6-7,10-11,13,16H,5,8-9H2,1-4H3. The predicted octanol–water partition coefficient (Wildman–Crippen LogP) is 3.39. The van der Waals surface area contributed by atoms with Crippen molar-refractivity contribution in [3.8, 4) is 0 Å². The highest BCUT2D eigenvalue weighted by Crippen LogP contribution is 2.34. The van der Waals surface area contributed by atoms with E-state index < -0.39 is 5.54 Å². The minimum Gasteiger partial charge on any atom is -0.320 e. The topological polar surface area (TPSA) is 32.3 Å². The third-order valence-corrected chi connectivity index (χ3v) is 4.89. The highest BCUT2D eigenvalue weighted by Gasteiger charge is 2.47. The lowest BCUT2D eigenvalue weighted by atomic mass is 9.99. The SMILES string of the molecule is CCC1(C)NC(c2cccs2)N(CCC(C)C)C1=O. The number of amides is 1. The number of nitrogens with zero attached hydrogens (tertiary/aromatic N) is 1. The lowest BCUT2D eigenvalue weighted by Crippen LogP contribution is -2.43. The van der Waals surface area contributed by atoms with Gasteiger partial charge in [-0.05, 0) is 37.1 Å². The summed E-state index contributed by atoms with van der Waals surface area (Å²) in [5.74, 6) is 0.860. The maximum atomic E-state index is 12.6. The van der Waals surface area contributed by atoms with E-state index in [-0.39, 0.29) is 12.1 Å². The van der Waals surface area contributed by atoms with Crippen LogP contribution in [0, 0.1) is 5.92 Å². The molecule has 1 fully saturated rings. The quantitative estimate of drug-likeness (QED) is 0.896. The van der Waals surface area contributed by atoms with Gasteiger partial charge in [-0.25, -0.2) is 0 Å². The summed E-state index contributed by atoms with van der Waals surface area (Å²) in [6, 6.07) is 4.16. The number of nitrogens with one attached hydrogen (secondary N) is 1. The Bertz CT molecular complexity index is 429. The van der Waals surface area contributed by atoms with Crippen LogP contribution in [0.4, 0.5) is 0 Å². The first-order valence-corrected chi connectivity index (χ1v) is 7.98. The van der Waals surface area contributed by atoms with E-state index in [0.717, 1.165) is 19.4 Å². The van der Waals surface area contributed by atoms with Crippen LogP contribution < -0.4 is 5.32 Å². The highest BCUT2D eigenvalue weighted by molar-refractivity contribution is 7.10. The van der Waals surface area contributed by atoms with Gasteiger partial charge in [0.05, 0.1) is 5.54 Å². The van der Waals surface area contributed by atoms with Crippen LogP contribution in [0.15, 0.2) is 17.5 Å². The highest BCUT2D eigenvalue weighted by atomic mass is 32.1. The summed E-state index contributed by atoms with van der Waals surface area (Å²) in [6.45, 7) is 9.33. The molecule has 0 aromatic carbocycles. The Morgan fingerprint density at radius 3 is 2.79 bits per heavy atom. The second kappa shape index (κ2) is 5.63. The average Bonchev–Trinajstić information content (AvgIpc) is 2.96. The van der Waals surface area contributed by atoms with Gasteiger partial charge in [0.2, 0.25) is 5.91 Å². The Kier molecular flexibility index (Phi) is 4.31. The normalized spacial score (nSPS) is 27.5. The largest absolute Gasteiger partial charge is 0.320 e. The molecule has 19 heavy (non-hydrogen) atoms. The van der Waals surface area contributed by atoms with E-state index in [9.17, 15) is 4.79 Å². The molecule has 2 atom stereocenters. The van der Waals surface area contributed by atoms with E-state index in [2.05, 4.69) is 37.5 Å². The van der Waals surface area contributed by atoms with Crippen molar-refractivity contribution >= 4 is 17.2 Å². The smallest absolute Gasteiger partial charge is 0.244 e. The average molecular weight is 280 g/mol. The molecule has 1 aliphatic heterocycles. The number of thiophene rings is 1. The maximum absolute atomic E-state index is 12.6. The van der Waals surface area contributed by atoms with Gasteiger partial charge in [-0.2, -0.15) is 0 Å². The molecule has 1 N–H and O–H groups in total. The Labute approximate surface area is 120 Å². The number of hydrogen-bond donors (Lipinski definition) is 1. The van der Waals surface area contributed by atoms with Crippen molar-refractivity contribution in [1.29, 1.82) is 0 Å². The zero-order valence-electron chi connectivity index (χ0n) is 12.3. The third-order valence-electron chi connectivity index (χ3n) is 3.97. The Morgan fingerprint density at radius 2 is 2.26 bits per heavy atom. The van der Waals surface area contributed by atoms with Crippen LogP contribution in [-0.2, 0) is 4.79 Å². The van der Waals surface area contributed by atoms with Crippen LogP contribution in [-0.4, -0.2) is 22.9 Å². The van der Waals surface area contributed by atoms with E-state index in [1.807, 2.05) is 17.9 Å². The third kappa shape index (κ3) is 2.84. The summed E-state index contributed by atoms with van der Waals surface area (Å²) in [4.78, 5) is 15.9. The first-order chi connectivity index (χ1) is 8.98. The van der Waals surface area contributed by atoms with Crippen LogP contribution in [0.25, 0.3) is 0 Å². The fourth-order valence-corrected chi connectivity index (χ4v) is 3.21. The molecule has 2 unspecified atom stereocenters. The summed E-state index contributed by atoms with van der Waals surface area (Å²) >= 11 is 1.72. The molecule has 1 aliphatic rings. The van der Waals surface area contributed by atoms with E-state index in [0.29, 0.717) is 5.92 Å². The minimum absolute atomic E-state index is 0.0520. The van der Waals surface area contributed by atoms with Crippen molar-refractivity contribution in [2.45, 2.75) is 52.2 Å². The fraction of sp³-hybridized carbons (Fsp3) is 0.667. The Hall–Kier alpha value is -0.870. The van der Waals surface area contributed by atoms with Gasteiger partial charge in [0.15, 0.2) is 0 Å². The summed E-state index contributed by atoms with van der Waals surface area (Å²) in [6.07, 6.45) is 1.93. The Balaban J connectivity index is 2.21. The number of rotatable bonds is 5. The van der Waals surface area contributed by atoms with Crippen molar-refractivity contribution in [3.05, 3.63) is 22.4 Å². The fourth-order valence-electron chi connectivity index (χ4n) is 2.43. The Morgan fingerprint density at radius 1 is 1.53 bits per heavy atom. The first-order valence-electron chi connectivity index (χ1n) is 7.10. The first kappa shape index (κ1) is 14.5. The number of hydrogen-bond acceptors (Lipinski definition) is 3. The zero-order valence-corrected chi connectivity index (χ0v) is 13.1. The van der Waals surface area contributed by atoms with E-state index in [1.165, 1.54) is 4.88 Å². The summed E-state index contributed by atoms with van der Waals surface area (Å²) in [5.41, 5.74) is -0.411. The molecule has 0 radical (unpaired) electrons. The van der Waals surface area contributed by atoms with Crippen molar-refractivity contribution in [2.24, 2.45) is 5.92 Å². The van der Waals surface area contributed by atoms with Gasteiger partial charge in [0.1, 0.15) is 6.17 Å². The van der Waals surface area contributed by atoms with Crippen LogP contribution in [0.5, 0.6) is 0 Å². The molecule has 1 aromatic rings. The molecule has 106 valence electrons. The van der Waals surface area contributed by atoms with E-state index in [4.69, 9.17) is 0 Å². The molecule has 0 aliphatic carbocycles. The van der Waals surface area contributed by atoms with Crippen LogP contribution in [0.2, 0.25) is 0 Å². The molecule has 3 nitrogen and oxygen atoms in total. The number of carbonyl (C=O) groups excluding carboxylic acids is 1. The van der Waals surface area contributed by atoms with Gasteiger partial charge < -0.3 is 4.90 Å². The molecule has 1 aromatic heterocycles. The summed E-state index contributed by atoms with van der Waals surface area (Å²) in [5, 5.41) is 5.60. The lowest BCUT2D eigenvalue weighted by Gasteiger charge is -2.24. The zero-order chi connectivity index (χ0) is 14.0. The molecular weight excluding hydrogens is 256 g/mol. The second-order valence-electron chi connectivity index (χ2n) is 5.93. The molecular formula is C15H24N2OS. The molecule has 1 saturated heterocycles. The van der Waals surface area contributed by atoms with E-state index >= 15 is 0 Å². The minimum atomic E-state index is -0.411. The van der Waals surface area contributed by atoms with Gasteiger partial charge >= 0.3 is 0 Å². The van der Waals surface area contributed by atoms with Crippen molar-refractivity contribution in [1.82, 2.24) is 10.2 Å². The van der Waals surface area contributed by atoms with Crippen molar-refractivity contribution in [3.63, 3.8) is 0 Å². The number of carbonyl (C=O) groups is 1. The van der Waals surface area contributed by atoms with E-state index in [1.54, 1.807) is 11.3 Å².